The third kappa shape index (κ3) is 9.89. The number of amides is 2. The van der Waals surface area contributed by atoms with E-state index in [9.17, 15) is 14.7 Å². The Labute approximate surface area is 179 Å². The van der Waals surface area contributed by atoms with Gasteiger partial charge in [-0.1, -0.05) is 32.8 Å². The lowest BCUT2D eigenvalue weighted by Crippen LogP contribution is -2.48. The van der Waals surface area contributed by atoms with Crippen LogP contribution in [0.25, 0.3) is 0 Å². The van der Waals surface area contributed by atoms with E-state index in [4.69, 9.17) is 9.47 Å². The first-order valence-electron chi connectivity index (χ1n) is 10.6. The van der Waals surface area contributed by atoms with Gasteiger partial charge in [-0.25, -0.2) is 14.5 Å². The number of nitrogens with zero attached hydrogens (tertiary/aromatic N) is 2. The average molecular weight is 425 g/mol. The molecule has 1 aromatic rings. The molecule has 0 aliphatic heterocycles. The Hall–Kier alpha value is -2.39. The Bertz CT molecular complexity index is 587. The molecular formula is C21H36N4O5. The maximum absolute atomic E-state index is 12.1. The summed E-state index contributed by atoms with van der Waals surface area (Å²) in [6.45, 7) is 8.52. The molecule has 2 amide bonds. The van der Waals surface area contributed by atoms with Crippen LogP contribution in [0.4, 0.5) is 9.59 Å². The van der Waals surface area contributed by atoms with E-state index in [1.807, 2.05) is 13.8 Å². The molecule has 0 saturated heterocycles. The lowest BCUT2D eigenvalue weighted by atomic mass is 10.1. The van der Waals surface area contributed by atoms with Gasteiger partial charge >= 0.3 is 12.2 Å². The Morgan fingerprint density at radius 2 is 1.60 bits per heavy atom. The first kappa shape index (κ1) is 25.6. The highest BCUT2D eigenvalue weighted by Crippen LogP contribution is 2.18. The number of nitrogens with one attached hydrogen (secondary N) is 2. The molecule has 1 rings (SSSR count). The molecule has 0 spiro atoms. The first-order valence-corrected chi connectivity index (χ1v) is 10.6. The van der Waals surface area contributed by atoms with Crippen molar-refractivity contribution in [2.45, 2.75) is 71.9 Å². The maximum Gasteiger partial charge on any atom is 0.408 e. The summed E-state index contributed by atoms with van der Waals surface area (Å²) in [5.74, 6) is 0. The SMILES string of the molecule is CCCCNC(=O)OC(C)N(CC(O)c1cccnc1)C(C)OC(=O)NCCCC. The number of rotatable bonds is 13. The number of aliphatic hydroxyl groups excluding tert-OH is 1. The van der Waals surface area contributed by atoms with Crippen LogP contribution in [0.1, 0.15) is 65.0 Å². The second kappa shape index (κ2) is 14.6. The molecule has 3 unspecified atom stereocenters. The van der Waals surface area contributed by atoms with E-state index in [0.29, 0.717) is 18.7 Å². The Balaban J connectivity index is 2.78. The zero-order chi connectivity index (χ0) is 22.4. The van der Waals surface area contributed by atoms with Gasteiger partial charge in [0.1, 0.15) is 0 Å². The van der Waals surface area contributed by atoms with E-state index in [0.717, 1.165) is 25.7 Å². The van der Waals surface area contributed by atoms with E-state index in [1.165, 1.54) is 0 Å². The third-order valence-electron chi connectivity index (χ3n) is 4.54. The molecule has 170 valence electrons. The van der Waals surface area contributed by atoms with Crippen LogP contribution < -0.4 is 10.6 Å². The molecule has 0 saturated carbocycles. The summed E-state index contributed by atoms with van der Waals surface area (Å²) in [6, 6.07) is 3.48. The van der Waals surface area contributed by atoms with E-state index >= 15 is 0 Å². The number of hydrogen-bond donors (Lipinski definition) is 3. The van der Waals surface area contributed by atoms with Crippen LogP contribution in [-0.2, 0) is 9.47 Å². The normalized spacial score (nSPS) is 13.9. The topological polar surface area (TPSA) is 113 Å². The van der Waals surface area contributed by atoms with E-state index in [1.54, 1.807) is 43.3 Å². The van der Waals surface area contributed by atoms with Crippen molar-refractivity contribution in [3.05, 3.63) is 30.1 Å². The Morgan fingerprint density at radius 3 is 2.03 bits per heavy atom. The van der Waals surface area contributed by atoms with Crippen LogP contribution in [0.15, 0.2) is 24.5 Å². The van der Waals surface area contributed by atoms with E-state index < -0.39 is 30.7 Å². The largest absolute Gasteiger partial charge is 0.430 e. The fourth-order valence-electron chi connectivity index (χ4n) is 2.73. The molecule has 0 aliphatic rings. The Morgan fingerprint density at radius 1 is 1.07 bits per heavy atom. The first-order chi connectivity index (χ1) is 14.4. The number of carbonyl (C=O) groups is 2. The van der Waals surface area contributed by atoms with Gasteiger partial charge in [0.25, 0.3) is 0 Å². The number of alkyl carbamates (subject to hydrolysis) is 2. The minimum absolute atomic E-state index is 0.0819. The van der Waals surface area contributed by atoms with Crippen molar-refractivity contribution >= 4 is 12.2 Å². The minimum atomic E-state index is -0.901. The van der Waals surface area contributed by atoms with Crippen molar-refractivity contribution in [1.29, 1.82) is 0 Å². The average Bonchev–Trinajstić information content (AvgIpc) is 2.72. The molecule has 3 N–H and O–H groups in total. The van der Waals surface area contributed by atoms with Crippen LogP contribution in [-0.4, -0.2) is 59.3 Å². The third-order valence-corrected chi connectivity index (χ3v) is 4.54. The molecule has 0 fully saturated rings. The smallest absolute Gasteiger partial charge is 0.408 e. The number of unbranched alkanes of at least 4 members (excludes halogenated alkanes) is 2. The minimum Gasteiger partial charge on any atom is -0.430 e. The van der Waals surface area contributed by atoms with Crippen LogP contribution in [0.5, 0.6) is 0 Å². The summed E-state index contributed by atoms with van der Waals surface area (Å²) < 4.78 is 10.9. The zero-order valence-corrected chi connectivity index (χ0v) is 18.5. The van der Waals surface area contributed by atoms with Gasteiger partial charge in [0.15, 0.2) is 12.5 Å². The van der Waals surface area contributed by atoms with Gasteiger partial charge in [0, 0.05) is 37.6 Å². The fourth-order valence-corrected chi connectivity index (χ4v) is 2.73. The van der Waals surface area contributed by atoms with Gasteiger partial charge in [0.2, 0.25) is 0 Å². The summed E-state index contributed by atoms with van der Waals surface area (Å²) in [5, 5.41) is 16.0. The number of hydrogen-bond acceptors (Lipinski definition) is 7. The van der Waals surface area contributed by atoms with Gasteiger partial charge in [0.05, 0.1) is 6.10 Å². The number of ether oxygens (including phenoxy) is 2. The molecule has 0 bridgehead atoms. The van der Waals surface area contributed by atoms with Crippen molar-refractivity contribution in [3.63, 3.8) is 0 Å². The van der Waals surface area contributed by atoms with Crippen LogP contribution in [0, 0.1) is 0 Å². The highest BCUT2D eigenvalue weighted by atomic mass is 16.6. The predicted octanol–water partition coefficient (Wildman–Crippen LogP) is 3.16. The lowest BCUT2D eigenvalue weighted by molar-refractivity contribution is -0.107. The molecule has 0 radical (unpaired) electrons. The standard InChI is InChI=1S/C21H36N4O5/c1-5-7-12-23-20(27)29-16(3)25(15-19(26)18-10-9-11-22-14-18)17(4)30-21(28)24-13-8-6-2/h9-11,14,16-17,19,26H,5-8,12-13,15H2,1-4H3,(H,23,27)(H,24,28). The zero-order valence-electron chi connectivity index (χ0n) is 18.5. The highest BCUT2D eigenvalue weighted by molar-refractivity contribution is 5.67. The van der Waals surface area contributed by atoms with Crippen molar-refractivity contribution in [2.24, 2.45) is 0 Å². The maximum atomic E-state index is 12.1. The van der Waals surface area contributed by atoms with Gasteiger partial charge in [-0.05, 0) is 32.8 Å². The van der Waals surface area contributed by atoms with Crippen molar-refractivity contribution in [1.82, 2.24) is 20.5 Å². The summed E-state index contributed by atoms with van der Waals surface area (Å²) in [5.41, 5.74) is 0.613. The monoisotopic (exact) mass is 424 g/mol. The van der Waals surface area contributed by atoms with Crippen molar-refractivity contribution < 1.29 is 24.2 Å². The quantitative estimate of drug-likeness (QED) is 0.329. The molecule has 1 heterocycles. The van der Waals surface area contributed by atoms with Gasteiger partial charge in [-0.2, -0.15) is 0 Å². The fraction of sp³-hybridized carbons (Fsp3) is 0.667. The highest BCUT2D eigenvalue weighted by Gasteiger charge is 2.28. The molecule has 30 heavy (non-hydrogen) atoms. The van der Waals surface area contributed by atoms with E-state index in [-0.39, 0.29) is 6.54 Å². The summed E-state index contributed by atoms with van der Waals surface area (Å²) in [4.78, 5) is 29.7. The summed E-state index contributed by atoms with van der Waals surface area (Å²) >= 11 is 0. The van der Waals surface area contributed by atoms with Gasteiger partial charge in [-0.15, -0.1) is 0 Å². The van der Waals surface area contributed by atoms with Crippen LogP contribution >= 0.6 is 0 Å². The molecule has 9 nitrogen and oxygen atoms in total. The number of aromatic nitrogens is 1. The molecular weight excluding hydrogens is 388 g/mol. The summed E-state index contributed by atoms with van der Waals surface area (Å²) in [6.07, 6.45) is 3.30. The van der Waals surface area contributed by atoms with E-state index in [2.05, 4.69) is 15.6 Å². The molecule has 1 aromatic heterocycles. The van der Waals surface area contributed by atoms with Crippen LogP contribution in [0.2, 0.25) is 0 Å². The lowest BCUT2D eigenvalue weighted by Gasteiger charge is -2.34. The second-order valence-corrected chi connectivity index (χ2v) is 7.07. The summed E-state index contributed by atoms with van der Waals surface area (Å²) in [7, 11) is 0. The van der Waals surface area contributed by atoms with Gasteiger partial charge in [-0.3, -0.25) is 4.98 Å². The molecule has 0 aliphatic carbocycles. The van der Waals surface area contributed by atoms with Crippen molar-refractivity contribution in [3.8, 4) is 0 Å². The predicted molar refractivity (Wildman–Crippen MR) is 114 cm³/mol. The van der Waals surface area contributed by atoms with Crippen LogP contribution in [0.3, 0.4) is 0 Å². The Kier molecular flexibility index (Phi) is 12.5. The molecule has 0 aromatic carbocycles. The number of pyridine rings is 1. The number of aliphatic hydroxyl groups is 1. The molecule has 9 heteroatoms. The van der Waals surface area contributed by atoms with Gasteiger partial charge < -0.3 is 25.2 Å². The molecule has 3 atom stereocenters. The number of carbonyl (C=O) groups excluding carboxylic acids is 2. The van der Waals surface area contributed by atoms with Crippen molar-refractivity contribution in [2.75, 3.05) is 19.6 Å². The second-order valence-electron chi connectivity index (χ2n) is 7.07.